The van der Waals surface area contributed by atoms with Crippen LogP contribution in [0, 0.1) is 0 Å². The smallest absolute Gasteiger partial charge is 0.0417 e. The Labute approximate surface area is 108 Å². The van der Waals surface area contributed by atoms with Gasteiger partial charge in [-0.15, -0.1) is 11.8 Å². The lowest BCUT2D eigenvalue weighted by molar-refractivity contribution is 0.530. The van der Waals surface area contributed by atoms with E-state index in [2.05, 4.69) is 32.2 Å². The quantitative estimate of drug-likeness (QED) is 0.767. The second-order valence-corrected chi connectivity index (χ2v) is 6.03. The second kappa shape index (κ2) is 7.21. The van der Waals surface area contributed by atoms with Gasteiger partial charge in [0.2, 0.25) is 0 Å². The fourth-order valence-corrected chi connectivity index (χ4v) is 3.21. The SMILES string of the molecule is CCNC(C)CC(C)Sc1cccc(Cl)c1. The van der Waals surface area contributed by atoms with E-state index in [9.17, 15) is 0 Å². The molecule has 0 heterocycles. The van der Waals surface area contributed by atoms with E-state index in [1.54, 1.807) is 0 Å². The maximum atomic E-state index is 5.96. The molecule has 3 heteroatoms. The van der Waals surface area contributed by atoms with Crippen LogP contribution in [0.3, 0.4) is 0 Å². The van der Waals surface area contributed by atoms with Crippen LogP contribution >= 0.6 is 23.4 Å². The van der Waals surface area contributed by atoms with E-state index in [1.165, 1.54) is 11.3 Å². The normalized spacial score (nSPS) is 14.8. The van der Waals surface area contributed by atoms with Gasteiger partial charge in [0.1, 0.15) is 0 Å². The van der Waals surface area contributed by atoms with Crippen LogP contribution in [0.4, 0.5) is 0 Å². The van der Waals surface area contributed by atoms with Gasteiger partial charge in [-0.25, -0.2) is 0 Å². The van der Waals surface area contributed by atoms with Gasteiger partial charge in [0.25, 0.3) is 0 Å². The van der Waals surface area contributed by atoms with Gasteiger partial charge < -0.3 is 5.32 Å². The molecule has 0 spiro atoms. The van der Waals surface area contributed by atoms with Crippen molar-refractivity contribution in [3.05, 3.63) is 29.3 Å². The third-order valence-electron chi connectivity index (χ3n) is 2.37. The predicted molar refractivity (Wildman–Crippen MR) is 74.5 cm³/mol. The molecule has 0 radical (unpaired) electrons. The first-order valence-electron chi connectivity index (χ1n) is 5.77. The number of rotatable bonds is 6. The molecule has 0 saturated heterocycles. The molecule has 0 aromatic heterocycles. The van der Waals surface area contributed by atoms with E-state index >= 15 is 0 Å². The summed E-state index contributed by atoms with van der Waals surface area (Å²) < 4.78 is 0. The molecule has 2 atom stereocenters. The second-order valence-electron chi connectivity index (χ2n) is 4.08. The first kappa shape index (κ1) is 13.9. The lowest BCUT2D eigenvalue weighted by Crippen LogP contribution is -2.28. The minimum absolute atomic E-state index is 0.576. The Morgan fingerprint density at radius 1 is 1.38 bits per heavy atom. The maximum Gasteiger partial charge on any atom is 0.0417 e. The van der Waals surface area contributed by atoms with E-state index in [0.29, 0.717) is 11.3 Å². The van der Waals surface area contributed by atoms with Crippen LogP contribution in [0.2, 0.25) is 5.02 Å². The molecule has 0 amide bonds. The summed E-state index contributed by atoms with van der Waals surface area (Å²) in [6, 6.07) is 8.64. The first-order valence-corrected chi connectivity index (χ1v) is 7.03. The van der Waals surface area contributed by atoms with Crippen molar-refractivity contribution in [1.82, 2.24) is 5.32 Å². The van der Waals surface area contributed by atoms with Crippen LogP contribution in [-0.2, 0) is 0 Å². The van der Waals surface area contributed by atoms with Crippen molar-refractivity contribution in [1.29, 1.82) is 0 Å². The van der Waals surface area contributed by atoms with Gasteiger partial charge in [-0.3, -0.25) is 0 Å². The van der Waals surface area contributed by atoms with Crippen LogP contribution in [0.15, 0.2) is 29.2 Å². The topological polar surface area (TPSA) is 12.0 Å². The Balaban J connectivity index is 2.42. The van der Waals surface area contributed by atoms with Gasteiger partial charge in [-0.1, -0.05) is 31.5 Å². The Morgan fingerprint density at radius 2 is 2.12 bits per heavy atom. The standard InChI is InChI=1S/C13H20ClNS/c1-4-15-10(2)8-11(3)16-13-7-5-6-12(14)9-13/h5-7,9-11,15H,4,8H2,1-3H3. The lowest BCUT2D eigenvalue weighted by Gasteiger charge is -2.17. The van der Waals surface area contributed by atoms with E-state index in [-0.39, 0.29) is 0 Å². The molecule has 1 aromatic rings. The molecule has 2 unspecified atom stereocenters. The van der Waals surface area contributed by atoms with Crippen LogP contribution in [0.1, 0.15) is 27.2 Å². The Morgan fingerprint density at radius 3 is 2.75 bits per heavy atom. The van der Waals surface area contributed by atoms with E-state index in [4.69, 9.17) is 11.6 Å². The fraction of sp³-hybridized carbons (Fsp3) is 0.538. The number of benzene rings is 1. The van der Waals surface area contributed by atoms with Gasteiger partial charge in [0, 0.05) is 21.2 Å². The van der Waals surface area contributed by atoms with Crippen molar-refractivity contribution in [2.45, 2.75) is 43.4 Å². The monoisotopic (exact) mass is 257 g/mol. The van der Waals surface area contributed by atoms with Crippen molar-refractivity contribution in [2.75, 3.05) is 6.54 Å². The summed E-state index contributed by atoms with van der Waals surface area (Å²) in [7, 11) is 0. The van der Waals surface area contributed by atoms with E-state index in [1.807, 2.05) is 30.0 Å². The van der Waals surface area contributed by atoms with Gasteiger partial charge in [0.15, 0.2) is 0 Å². The zero-order chi connectivity index (χ0) is 12.0. The highest BCUT2D eigenvalue weighted by molar-refractivity contribution is 7.99. The Kier molecular flexibility index (Phi) is 6.25. The minimum atomic E-state index is 0.576. The highest BCUT2D eigenvalue weighted by Gasteiger charge is 2.09. The fourth-order valence-electron chi connectivity index (χ4n) is 1.75. The van der Waals surface area contributed by atoms with Crippen molar-refractivity contribution >= 4 is 23.4 Å². The van der Waals surface area contributed by atoms with Gasteiger partial charge in [-0.05, 0) is 38.1 Å². The molecule has 0 bridgehead atoms. The van der Waals surface area contributed by atoms with Crippen LogP contribution in [0.25, 0.3) is 0 Å². The molecule has 1 rings (SSSR count). The maximum absolute atomic E-state index is 5.96. The third kappa shape index (κ3) is 5.24. The van der Waals surface area contributed by atoms with Crippen molar-refractivity contribution < 1.29 is 0 Å². The van der Waals surface area contributed by atoms with E-state index in [0.717, 1.165) is 11.6 Å². The van der Waals surface area contributed by atoms with Crippen molar-refractivity contribution in [2.24, 2.45) is 0 Å². The van der Waals surface area contributed by atoms with Crippen molar-refractivity contribution in [3.8, 4) is 0 Å². The molecule has 1 aromatic carbocycles. The van der Waals surface area contributed by atoms with Gasteiger partial charge in [0.05, 0.1) is 0 Å². The molecule has 0 fully saturated rings. The summed E-state index contributed by atoms with van der Waals surface area (Å²) in [6.07, 6.45) is 1.17. The molecule has 0 saturated carbocycles. The van der Waals surface area contributed by atoms with Crippen LogP contribution < -0.4 is 5.32 Å². The summed E-state index contributed by atoms with van der Waals surface area (Å²) in [5, 5.41) is 4.85. The lowest BCUT2D eigenvalue weighted by atomic mass is 10.2. The Bertz CT molecular complexity index is 317. The molecular weight excluding hydrogens is 238 g/mol. The molecule has 1 nitrogen and oxygen atoms in total. The molecule has 1 N–H and O–H groups in total. The third-order valence-corrected chi connectivity index (χ3v) is 3.73. The molecule has 16 heavy (non-hydrogen) atoms. The summed E-state index contributed by atoms with van der Waals surface area (Å²) in [6.45, 7) is 7.68. The summed E-state index contributed by atoms with van der Waals surface area (Å²) in [4.78, 5) is 1.25. The molecular formula is C13H20ClNS. The molecule has 90 valence electrons. The number of hydrogen-bond acceptors (Lipinski definition) is 2. The number of hydrogen-bond donors (Lipinski definition) is 1. The zero-order valence-corrected chi connectivity index (χ0v) is 11.7. The number of thioether (sulfide) groups is 1. The van der Waals surface area contributed by atoms with Crippen LogP contribution in [-0.4, -0.2) is 17.8 Å². The highest BCUT2D eigenvalue weighted by Crippen LogP contribution is 2.27. The molecule has 0 aliphatic heterocycles. The zero-order valence-electron chi connectivity index (χ0n) is 10.2. The minimum Gasteiger partial charge on any atom is -0.314 e. The summed E-state index contributed by atoms with van der Waals surface area (Å²) in [5.74, 6) is 0. The Hall–Kier alpha value is -0.180. The summed E-state index contributed by atoms with van der Waals surface area (Å²) >= 11 is 7.85. The first-order chi connectivity index (χ1) is 7.61. The molecule has 0 aliphatic rings. The van der Waals surface area contributed by atoms with Crippen LogP contribution in [0.5, 0.6) is 0 Å². The average Bonchev–Trinajstić information content (AvgIpc) is 2.17. The predicted octanol–water partition coefficient (Wildman–Crippen LogP) is 4.21. The average molecular weight is 258 g/mol. The highest BCUT2D eigenvalue weighted by atomic mass is 35.5. The molecule has 0 aliphatic carbocycles. The van der Waals surface area contributed by atoms with Crippen molar-refractivity contribution in [3.63, 3.8) is 0 Å². The van der Waals surface area contributed by atoms with E-state index < -0.39 is 0 Å². The van der Waals surface area contributed by atoms with Gasteiger partial charge >= 0.3 is 0 Å². The number of nitrogens with one attached hydrogen (secondary N) is 1. The van der Waals surface area contributed by atoms with Gasteiger partial charge in [-0.2, -0.15) is 0 Å². The largest absolute Gasteiger partial charge is 0.314 e. The summed E-state index contributed by atoms with van der Waals surface area (Å²) in [5.41, 5.74) is 0. The number of halogens is 1.